The number of nitrogens with zero attached hydrogens (tertiary/aromatic N) is 1. The second kappa shape index (κ2) is 37.9. The quantitative estimate of drug-likeness (QED) is 0.0212. The summed E-state index contributed by atoms with van der Waals surface area (Å²) in [6.07, 6.45) is 29.2. The third-order valence-corrected chi connectivity index (χ3v) is 12.4. The molecule has 1 saturated heterocycles. The first-order valence-electron chi connectivity index (χ1n) is 26.3. The van der Waals surface area contributed by atoms with Crippen LogP contribution in [0.2, 0.25) is 0 Å². The fourth-order valence-electron chi connectivity index (χ4n) is 7.97. The van der Waals surface area contributed by atoms with Crippen LogP contribution in [0.3, 0.4) is 0 Å². The lowest BCUT2D eigenvalue weighted by molar-refractivity contribution is -0.168. The summed E-state index contributed by atoms with van der Waals surface area (Å²) in [6, 6.07) is 16.9. The number of unbranched alkanes of at least 4 members (excludes halogenated alkanes) is 10. The van der Waals surface area contributed by atoms with Crippen LogP contribution in [0.1, 0.15) is 178 Å². The first kappa shape index (κ1) is 57.3. The largest absolute Gasteiger partial charge is 0.508 e. The highest BCUT2D eigenvalue weighted by Crippen LogP contribution is 2.19. The molecular formula is C57H89NO9. The highest BCUT2D eigenvalue weighted by atomic mass is 16.7. The van der Waals surface area contributed by atoms with Crippen LogP contribution in [0.4, 0.5) is 4.79 Å². The summed E-state index contributed by atoms with van der Waals surface area (Å²) in [5, 5.41) is 0. The third-order valence-electron chi connectivity index (χ3n) is 12.4. The molecule has 0 aromatic heterocycles. The molecule has 0 spiro atoms. The molecule has 0 radical (unpaired) electrons. The second-order valence-electron chi connectivity index (χ2n) is 18.4. The topological polar surface area (TPSA) is 110 Å². The number of piperidine rings is 1. The Morgan fingerprint density at radius 3 is 1.70 bits per heavy atom. The molecule has 0 aliphatic carbocycles. The molecule has 0 amide bonds. The zero-order valence-electron chi connectivity index (χ0n) is 42.2. The van der Waals surface area contributed by atoms with E-state index < -0.39 is 24.3 Å². The van der Waals surface area contributed by atoms with Gasteiger partial charge in [0.25, 0.3) is 0 Å². The first-order chi connectivity index (χ1) is 32.8. The molecule has 1 fully saturated rings. The van der Waals surface area contributed by atoms with E-state index in [1.165, 1.54) is 36.8 Å². The van der Waals surface area contributed by atoms with E-state index in [9.17, 15) is 14.4 Å². The lowest BCUT2D eigenvalue weighted by Gasteiger charge is -2.31. The van der Waals surface area contributed by atoms with Gasteiger partial charge in [0.1, 0.15) is 19.8 Å². The Labute approximate surface area is 405 Å². The molecule has 0 N–H and O–H groups in total. The van der Waals surface area contributed by atoms with Crippen LogP contribution in [0.25, 0.3) is 0 Å². The number of aryl methyl sites for hydroxylation is 2. The van der Waals surface area contributed by atoms with Gasteiger partial charge in [-0.2, -0.15) is 0 Å². The minimum atomic E-state index is -0.773. The second-order valence-corrected chi connectivity index (χ2v) is 18.4. The van der Waals surface area contributed by atoms with Crippen LogP contribution in [0.5, 0.6) is 0 Å². The Kier molecular flexibility index (Phi) is 32.5. The predicted octanol–water partition coefficient (Wildman–Crippen LogP) is 13.6. The standard InChI is InChI=1S/C57H89NO9/c1-5-9-12-13-14-15-16-17-18-19-20-21-22-23-24-29-54(59)62-45-53(47-67-57(61)66-44-52-28-25-40-58(8-4)41-52)46-63-55(60)38-39-56(64-42-50-34-30-48(31-35-50)26-10-6-2)65-43-51-36-32-49(33-37-51)27-11-7-3/h14-15,17-18,30-37,52-53,56H,5-13,16,19-29,38-47H2,1-4H3/b15-14-,18-17-. The number of hydrogen-bond acceptors (Lipinski definition) is 10. The molecule has 0 bridgehead atoms. The van der Waals surface area contributed by atoms with Gasteiger partial charge in [-0.15, -0.1) is 0 Å². The zero-order valence-corrected chi connectivity index (χ0v) is 42.2. The molecule has 2 aromatic carbocycles. The summed E-state index contributed by atoms with van der Waals surface area (Å²) in [6.45, 7) is 12.4. The zero-order chi connectivity index (χ0) is 48.0. The van der Waals surface area contributed by atoms with Gasteiger partial charge < -0.3 is 33.3 Å². The van der Waals surface area contributed by atoms with Crippen LogP contribution in [0.15, 0.2) is 72.8 Å². The van der Waals surface area contributed by atoms with E-state index in [0.29, 0.717) is 19.6 Å². The monoisotopic (exact) mass is 932 g/mol. The summed E-state index contributed by atoms with van der Waals surface area (Å²) < 4.78 is 34.9. The van der Waals surface area contributed by atoms with E-state index in [2.05, 4.69) is 105 Å². The Morgan fingerprint density at radius 1 is 0.597 bits per heavy atom. The number of esters is 2. The molecule has 1 heterocycles. The average Bonchev–Trinajstić information content (AvgIpc) is 3.35. The minimum Gasteiger partial charge on any atom is -0.465 e. The number of allylic oxidation sites excluding steroid dienone is 4. The normalized spacial score (nSPS) is 14.8. The molecule has 10 heteroatoms. The number of carbonyl (C=O) groups is 3. The summed E-state index contributed by atoms with van der Waals surface area (Å²) in [5.41, 5.74) is 4.67. The van der Waals surface area contributed by atoms with E-state index in [1.54, 1.807) is 0 Å². The molecule has 2 unspecified atom stereocenters. The molecule has 1 aliphatic rings. The van der Waals surface area contributed by atoms with Crippen molar-refractivity contribution in [1.29, 1.82) is 0 Å². The van der Waals surface area contributed by atoms with Crippen molar-refractivity contribution in [3.63, 3.8) is 0 Å². The van der Waals surface area contributed by atoms with Gasteiger partial charge in [-0.05, 0) is 112 Å². The van der Waals surface area contributed by atoms with Crippen LogP contribution < -0.4 is 0 Å². The van der Waals surface area contributed by atoms with Gasteiger partial charge in [0, 0.05) is 25.3 Å². The SMILES string of the molecule is CCCCC/C=C\C/C=C\CCCCCCCC(=O)OCC(COC(=O)CCC(OCc1ccc(CCCC)cc1)OCc1ccc(CCCC)cc1)COC(=O)OCC1CCCN(CC)C1. The molecule has 10 nitrogen and oxygen atoms in total. The molecule has 376 valence electrons. The highest BCUT2D eigenvalue weighted by molar-refractivity contribution is 5.69. The van der Waals surface area contributed by atoms with Crippen molar-refractivity contribution in [2.24, 2.45) is 11.8 Å². The van der Waals surface area contributed by atoms with Crippen LogP contribution in [-0.4, -0.2) is 75.3 Å². The molecule has 2 atom stereocenters. The number of ether oxygens (including phenoxy) is 6. The van der Waals surface area contributed by atoms with E-state index in [-0.39, 0.29) is 51.2 Å². The van der Waals surface area contributed by atoms with E-state index in [0.717, 1.165) is 127 Å². The van der Waals surface area contributed by atoms with Crippen molar-refractivity contribution in [3.8, 4) is 0 Å². The highest BCUT2D eigenvalue weighted by Gasteiger charge is 2.23. The van der Waals surface area contributed by atoms with Crippen LogP contribution in [-0.2, 0) is 64.1 Å². The molecule has 2 aromatic rings. The van der Waals surface area contributed by atoms with E-state index >= 15 is 0 Å². The fraction of sp³-hybridized carbons (Fsp3) is 0.667. The van der Waals surface area contributed by atoms with Gasteiger partial charge in [-0.3, -0.25) is 9.59 Å². The first-order valence-corrected chi connectivity index (χ1v) is 26.3. The van der Waals surface area contributed by atoms with Gasteiger partial charge >= 0.3 is 18.1 Å². The number of hydrogen-bond donors (Lipinski definition) is 0. The van der Waals surface area contributed by atoms with Crippen molar-refractivity contribution in [1.82, 2.24) is 4.90 Å². The van der Waals surface area contributed by atoms with E-state index in [4.69, 9.17) is 28.4 Å². The van der Waals surface area contributed by atoms with Gasteiger partial charge in [-0.1, -0.05) is 145 Å². The maximum absolute atomic E-state index is 13.2. The van der Waals surface area contributed by atoms with Crippen molar-refractivity contribution >= 4 is 18.1 Å². The molecule has 0 saturated carbocycles. The fourth-order valence-corrected chi connectivity index (χ4v) is 7.97. The van der Waals surface area contributed by atoms with Gasteiger partial charge in [0.2, 0.25) is 0 Å². The van der Waals surface area contributed by atoms with Crippen molar-refractivity contribution in [2.75, 3.05) is 46.1 Å². The minimum absolute atomic E-state index is 0.0446. The van der Waals surface area contributed by atoms with Crippen molar-refractivity contribution in [3.05, 3.63) is 95.1 Å². The van der Waals surface area contributed by atoms with Gasteiger partial charge in [0.15, 0.2) is 6.29 Å². The van der Waals surface area contributed by atoms with Crippen LogP contribution in [0, 0.1) is 11.8 Å². The lowest BCUT2D eigenvalue weighted by atomic mass is 9.99. The maximum atomic E-state index is 13.2. The number of carbonyl (C=O) groups excluding carboxylic acids is 3. The van der Waals surface area contributed by atoms with Gasteiger partial charge in [-0.25, -0.2) is 4.79 Å². The summed E-state index contributed by atoms with van der Waals surface area (Å²) in [7, 11) is 0. The predicted molar refractivity (Wildman–Crippen MR) is 270 cm³/mol. The van der Waals surface area contributed by atoms with Crippen molar-refractivity contribution < 1.29 is 42.8 Å². The molecule has 1 aliphatic heterocycles. The Hall–Kier alpha value is -3.99. The Bertz CT molecular complexity index is 1570. The van der Waals surface area contributed by atoms with Gasteiger partial charge in [0.05, 0.1) is 32.2 Å². The summed E-state index contributed by atoms with van der Waals surface area (Å²) in [4.78, 5) is 41.1. The number of likely N-dealkylation sites (tertiary alicyclic amines) is 1. The number of benzene rings is 2. The summed E-state index contributed by atoms with van der Waals surface area (Å²) >= 11 is 0. The Balaban J connectivity index is 1.48. The number of rotatable bonds is 38. The molecule has 67 heavy (non-hydrogen) atoms. The Morgan fingerprint density at radius 2 is 1.12 bits per heavy atom. The average molecular weight is 932 g/mol. The van der Waals surface area contributed by atoms with Crippen LogP contribution >= 0.6 is 0 Å². The van der Waals surface area contributed by atoms with E-state index in [1.807, 2.05) is 0 Å². The third kappa shape index (κ3) is 28.8. The molecule has 3 rings (SSSR count). The lowest BCUT2D eigenvalue weighted by Crippen LogP contribution is -2.37. The molecular weight excluding hydrogens is 843 g/mol. The summed E-state index contributed by atoms with van der Waals surface area (Å²) in [5.74, 6) is -1.05. The van der Waals surface area contributed by atoms with Crippen molar-refractivity contribution in [2.45, 2.75) is 188 Å². The maximum Gasteiger partial charge on any atom is 0.508 e. The smallest absolute Gasteiger partial charge is 0.465 e.